The number of hydrogen-bond acceptors (Lipinski definition) is 3. The summed E-state index contributed by atoms with van der Waals surface area (Å²) in [6.07, 6.45) is 4.19. The molecule has 2 unspecified atom stereocenters. The predicted molar refractivity (Wildman–Crippen MR) is 55.8 cm³/mol. The van der Waals surface area contributed by atoms with Gasteiger partial charge in [0.15, 0.2) is 0 Å². The Morgan fingerprint density at radius 2 is 2.00 bits per heavy atom. The van der Waals surface area contributed by atoms with E-state index in [1.54, 1.807) is 0 Å². The number of allylic oxidation sites excluding steroid dienone is 2. The zero-order valence-corrected chi connectivity index (χ0v) is 8.82. The average Bonchev–Trinajstić information content (AvgIpc) is 2.08. The van der Waals surface area contributed by atoms with Crippen LogP contribution in [0.15, 0.2) is 23.8 Å². The van der Waals surface area contributed by atoms with Gasteiger partial charge in [-0.1, -0.05) is 18.2 Å². The molecule has 5 nitrogen and oxygen atoms in total. The molecule has 0 saturated carbocycles. The summed E-state index contributed by atoms with van der Waals surface area (Å²) in [4.78, 5) is 21.8. The van der Waals surface area contributed by atoms with Gasteiger partial charge < -0.3 is 15.9 Å². The smallest absolute Gasteiger partial charge is 0.332 e. The van der Waals surface area contributed by atoms with Gasteiger partial charge in [0.2, 0.25) is 0 Å². The molecule has 4 N–H and O–H groups in total. The first-order valence-corrected chi connectivity index (χ1v) is 4.02. The van der Waals surface area contributed by atoms with Crippen molar-refractivity contribution in [1.29, 1.82) is 0 Å². The molecular weight excluding hydrogens is 222 g/mol. The van der Waals surface area contributed by atoms with E-state index >= 15 is 0 Å². The van der Waals surface area contributed by atoms with Crippen LogP contribution in [-0.2, 0) is 9.59 Å². The zero-order chi connectivity index (χ0) is 10.9. The van der Waals surface area contributed by atoms with Gasteiger partial charge in [-0.2, -0.15) is 0 Å². The molecule has 0 saturated heterocycles. The summed E-state index contributed by atoms with van der Waals surface area (Å²) in [7, 11) is 0. The number of halogens is 1. The molecule has 84 valence electrons. The molecule has 6 heteroatoms. The highest BCUT2D eigenvalue weighted by molar-refractivity contribution is 5.97. The van der Waals surface area contributed by atoms with Crippen LogP contribution < -0.4 is 5.73 Å². The minimum absolute atomic E-state index is 0. The van der Waals surface area contributed by atoms with Crippen molar-refractivity contribution in [2.75, 3.05) is 0 Å². The summed E-state index contributed by atoms with van der Waals surface area (Å²) in [5.74, 6) is -2.49. The monoisotopic (exact) mass is 233 g/mol. The third-order valence-electron chi connectivity index (χ3n) is 2.48. The lowest BCUT2D eigenvalue weighted by atomic mass is 9.73. The van der Waals surface area contributed by atoms with E-state index in [9.17, 15) is 9.59 Å². The SMILES string of the molecule is CC1(C(=O)O)C(C(=O)O)=CC=CC1N.Cl. The van der Waals surface area contributed by atoms with Crippen molar-refractivity contribution < 1.29 is 19.8 Å². The molecular formula is C9H12ClNO4. The molecule has 0 aliphatic heterocycles. The van der Waals surface area contributed by atoms with Crippen LogP contribution in [0.4, 0.5) is 0 Å². The number of aliphatic carboxylic acids is 2. The van der Waals surface area contributed by atoms with Gasteiger partial charge in [0.1, 0.15) is 5.41 Å². The molecule has 0 amide bonds. The second kappa shape index (κ2) is 4.46. The number of hydrogen-bond donors (Lipinski definition) is 3. The standard InChI is InChI=1S/C9H11NO4.ClH/c1-9(8(13)14)5(7(11)12)3-2-4-6(9)10;/h2-4,6H,10H2,1H3,(H,11,12)(H,13,14);1H. The molecule has 0 aromatic carbocycles. The summed E-state index contributed by atoms with van der Waals surface area (Å²) in [5, 5.41) is 17.8. The summed E-state index contributed by atoms with van der Waals surface area (Å²) in [6, 6.07) is -0.823. The highest BCUT2D eigenvalue weighted by Crippen LogP contribution is 2.34. The molecule has 0 fully saturated rings. The molecule has 2 atom stereocenters. The maximum atomic E-state index is 11.0. The first-order valence-electron chi connectivity index (χ1n) is 4.02. The van der Waals surface area contributed by atoms with Gasteiger partial charge in [-0.25, -0.2) is 4.79 Å². The van der Waals surface area contributed by atoms with Gasteiger partial charge in [-0.15, -0.1) is 12.4 Å². The van der Waals surface area contributed by atoms with Gasteiger partial charge in [0.05, 0.1) is 5.57 Å². The maximum absolute atomic E-state index is 11.0. The van der Waals surface area contributed by atoms with Crippen molar-refractivity contribution in [1.82, 2.24) is 0 Å². The van der Waals surface area contributed by atoms with Gasteiger partial charge >= 0.3 is 11.9 Å². The molecule has 0 aromatic heterocycles. The normalized spacial score (nSPS) is 28.9. The summed E-state index contributed by atoms with van der Waals surface area (Å²) in [5.41, 5.74) is 3.82. The Morgan fingerprint density at radius 3 is 2.33 bits per heavy atom. The van der Waals surface area contributed by atoms with E-state index in [2.05, 4.69) is 0 Å². The van der Waals surface area contributed by atoms with Gasteiger partial charge in [0, 0.05) is 6.04 Å². The molecule has 0 aromatic rings. The van der Waals surface area contributed by atoms with Gasteiger partial charge in [0.25, 0.3) is 0 Å². The van der Waals surface area contributed by atoms with Crippen molar-refractivity contribution >= 4 is 24.3 Å². The Kier molecular flexibility index (Phi) is 4.06. The first kappa shape index (κ1) is 13.7. The second-order valence-corrected chi connectivity index (χ2v) is 3.30. The molecule has 1 rings (SSSR count). The molecule has 0 bridgehead atoms. The Labute approximate surface area is 92.7 Å². The third kappa shape index (κ3) is 2.03. The number of carbonyl (C=O) groups is 2. The molecule has 15 heavy (non-hydrogen) atoms. The summed E-state index contributed by atoms with van der Waals surface area (Å²) >= 11 is 0. The van der Waals surface area contributed by atoms with E-state index in [4.69, 9.17) is 15.9 Å². The van der Waals surface area contributed by atoms with Gasteiger partial charge in [-0.3, -0.25) is 4.79 Å². The predicted octanol–water partition coefficient (Wildman–Crippen LogP) is 0.407. The fraction of sp³-hybridized carbons (Fsp3) is 0.333. The highest BCUT2D eigenvalue weighted by atomic mass is 35.5. The number of carboxylic acids is 2. The zero-order valence-electron chi connectivity index (χ0n) is 8.01. The van der Waals surface area contributed by atoms with Crippen LogP contribution in [-0.4, -0.2) is 28.2 Å². The average molecular weight is 234 g/mol. The number of nitrogens with two attached hydrogens (primary N) is 1. The lowest BCUT2D eigenvalue weighted by Crippen LogP contribution is -2.48. The van der Waals surface area contributed by atoms with Crippen molar-refractivity contribution in [3.63, 3.8) is 0 Å². The summed E-state index contributed by atoms with van der Waals surface area (Å²) in [6.45, 7) is 1.31. The first-order chi connectivity index (χ1) is 6.40. The van der Waals surface area contributed by atoms with E-state index in [0.717, 1.165) is 0 Å². The summed E-state index contributed by atoms with van der Waals surface area (Å²) < 4.78 is 0. The Balaban J connectivity index is 0.00000196. The number of rotatable bonds is 2. The highest BCUT2D eigenvalue weighted by Gasteiger charge is 2.46. The number of carboxylic acid groups (broad SMARTS) is 2. The Hall–Kier alpha value is -1.33. The van der Waals surface area contributed by atoms with Crippen LogP contribution >= 0.6 is 12.4 Å². The third-order valence-corrected chi connectivity index (χ3v) is 2.48. The van der Waals surface area contributed by atoms with Crippen LogP contribution in [0.2, 0.25) is 0 Å². The van der Waals surface area contributed by atoms with Crippen LogP contribution in [0.5, 0.6) is 0 Å². The maximum Gasteiger partial charge on any atom is 0.332 e. The van der Waals surface area contributed by atoms with E-state index in [1.165, 1.54) is 25.2 Å². The molecule has 1 aliphatic rings. The lowest BCUT2D eigenvalue weighted by molar-refractivity contribution is -0.149. The van der Waals surface area contributed by atoms with E-state index < -0.39 is 23.4 Å². The van der Waals surface area contributed by atoms with Crippen LogP contribution in [0.1, 0.15) is 6.92 Å². The fourth-order valence-corrected chi connectivity index (χ4v) is 1.37. The lowest BCUT2D eigenvalue weighted by Gasteiger charge is -2.31. The second-order valence-electron chi connectivity index (χ2n) is 3.30. The molecule has 0 heterocycles. The van der Waals surface area contributed by atoms with Crippen molar-refractivity contribution in [2.24, 2.45) is 11.1 Å². The Morgan fingerprint density at radius 1 is 1.47 bits per heavy atom. The molecule has 0 spiro atoms. The minimum Gasteiger partial charge on any atom is -0.481 e. The quantitative estimate of drug-likeness (QED) is 0.641. The molecule has 0 radical (unpaired) electrons. The van der Waals surface area contributed by atoms with E-state index in [-0.39, 0.29) is 18.0 Å². The largest absolute Gasteiger partial charge is 0.481 e. The van der Waals surface area contributed by atoms with Gasteiger partial charge in [-0.05, 0) is 6.92 Å². The van der Waals surface area contributed by atoms with Crippen LogP contribution in [0, 0.1) is 5.41 Å². The Bertz CT molecular complexity index is 350. The topological polar surface area (TPSA) is 101 Å². The molecule has 1 aliphatic carbocycles. The van der Waals surface area contributed by atoms with E-state index in [0.29, 0.717) is 0 Å². The minimum atomic E-state index is -1.55. The van der Waals surface area contributed by atoms with E-state index in [1.807, 2.05) is 0 Å². The van der Waals surface area contributed by atoms with Crippen molar-refractivity contribution in [2.45, 2.75) is 13.0 Å². The van der Waals surface area contributed by atoms with Crippen LogP contribution in [0.25, 0.3) is 0 Å². The van der Waals surface area contributed by atoms with Crippen molar-refractivity contribution in [3.8, 4) is 0 Å². The van der Waals surface area contributed by atoms with Crippen molar-refractivity contribution in [3.05, 3.63) is 23.8 Å². The van der Waals surface area contributed by atoms with Crippen LogP contribution in [0.3, 0.4) is 0 Å². The fourth-order valence-electron chi connectivity index (χ4n) is 1.37.